The monoisotopic (exact) mass is 420 g/mol. The van der Waals surface area contributed by atoms with Crippen molar-refractivity contribution in [2.75, 3.05) is 26.8 Å². The van der Waals surface area contributed by atoms with Gasteiger partial charge < -0.3 is 10.1 Å². The van der Waals surface area contributed by atoms with E-state index in [1.54, 1.807) is 0 Å². The third-order valence-electron chi connectivity index (χ3n) is 5.29. The highest BCUT2D eigenvalue weighted by molar-refractivity contribution is 5.86. The van der Waals surface area contributed by atoms with Gasteiger partial charge in [-0.25, -0.2) is 4.98 Å². The smallest absolute Gasteiger partial charge is 0.384 e. The quantitative estimate of drug-likeness (QED) is 0.659. The molecule has 0 amide bonds. The number of hydrogen-bond acceptors (Lipinski definition) is 3. The number of nitrogens with zero attached hydrogens (tertiary/aromatic N) is 1. The van der Waals surface area contributed by atoms with E-state index < -0.39 is 35.0 Å². The molecule has 1 aliphatic rings. The first-order valence-electron chi connectivity index (χ1n) is 9.39. The van der Waals surface area contributed by atoms with Gasteiger partial charge in [0.25, 0.3) is 0 Å². The van der Waals surface area contributed by atoms with Crippen LogP contribution in [-0.2, 0) is 17.1 Å². The fourth-order valence-corrected chi connectivity index (χ4v) is 4.00. The van der Waals surface area contributed by atoms with Crippen molar-refractivity contribution in [1.29, 1.82) is 0 Å². The summed E-state index contributed by atoms with van der Waals surface area (Å²) in [6.07, 6.45) is -7.28. The molecular weight excluding hydrogens is 398 g/mol. The number of pyridine rings is 1. The van der Waals surface area contributed by atoms with E-state index in [2.05, 4.69) is 10.3 Å². The Bertz CT molecular complexity index is 843. The van der Waals surface area contributed by atoms with E-state index >= 15 is 0 Å². The maximum Gasteiger partial charge on any atom is 0.433 e. The molecule has 1 fully saturated rings. The van der Waals surface area contributed by atoms with Crippen molar-refractivity contribution in [3.05, 3.63) is 41.1 Å². The number of halogens is 6. The molecule has 9 heteroatoms. The van der Waals surface area contributed by atoms with Crippen LogP contribution in [0.15, 0.2) is 24.3 Å². The molecule has 2 atom stereocenters. The molecule has 1 aliphatic heterocycles. The Morgan fingerprint density at radius 2 is 1.93 bits per heavy atom. The summed E-state index contributed by atoms with van der Waals surface area (Å²) in [5.41, 5.74) is -2.97. The number of hydrogen-bond donors (Lipinski definition) is 1. The van der Waals surface area contributed by atoms with Gasteiger partial charge in [0, 0.05) is 18.4 Å². The highest BCUT2D eigenvalue weighted by atomic mass is 19.4. The lowest BCUT2D eigenvalue weighted by Gasteiger charge is -2.28. The van der Waals surface area contributed by atoms with Crippen LogP contribution in [0.1, 0.15) is 42.0 Å². The standard InChI is InChI=1S/C20H22F6N2O/c1-29-11-13(8-12-4-3-7-27-10-12)15-9-17(20(24,25)26)28-18-14(15)5-2-6-16(18)19(21,22)23/h2,5-6,9,12-13,27H,3-4,7-8,10-11H2,1H3. The van der Waals surface area contributed by atoms with Gasteiger partial charge in [-0.05, 0) is 56.0 Å². The van der Waals surface area contributed by atoms with E-state index in [1.807, 2.05) is 0 Å². The Morgan fingerprint density at radius 1 is 1.17 bits per heavy atom. The van der Waals surface area contributed by atoms with Crippen LogP contribution in [0, 0.1) is 5.92 Å². The number of benzene rings is 1. The van der Waals surface area contributed by atoms with E-state index in [9.17, 15) is 26.3 Å². The Kier molecular flexibility index (Phi) is 6.38. The second-order valence-electron chi connectivity index (χ2n) is 7.39. The van der Waals surface area contributed by atoms with Crippen molar-refractivity contribution in [3.8, 4) is 0 Å². The third kappa shape index (κ3) is 5.01. The number of methoxy groups -OCH3 is 1. The summed E-state index contributed by atoms with van der Waals surface area (Å²) in [7, 11) is 1.43. The van der Waals surface area contributed by atoms with Gasteiger partial charge in [0.2, 0.25) is 0 Å². The second-order valence-corrected chi connectivity index (χ2v) is 7.39. The van der Waals surface area contributed by atoms with E-state index in [0.29, 0.717) is 6.42 Å². The van der Waals surface area contributed by atoms with Crippen molar-refractivity contribution < 1.29 is 31.1 Å². The third-order valence-corrected chi connectivity index (χ3v) is 5.29. The van der Waals surface area contributed by atoms with Gasteiger partial charge in [0.15, 0.2) is 0 Å². The zero-order valence-electron chi connectivity index (χ0n) is 15.8. The molecular formula is C20H22F6N2O. The molecule has 2 heterocycles. The summed E-state index contributed by atoms with van der Waals surface area (Å²) in [5.74, 6) is -0.257. The van der Waals surface area contributed by atoms with Crippen LogP contribution >= 0.6 is 0 Å². The lowest BCUT2D eigenvalue weighted by molar-refractivity contribution is -0.142. The molecule has 0 spiro atoms. The van der Waals surface area contributed by atoms with Crippen LogP contribution in [0.5, 0.6) is 0 Å². The number of alkyl halides is 6. The van der Waals surface area contributed by atoms with E-state index in [1.165, 1.54) is 19.2 Å². The van der Waals surface area contributed by atoms with Crippen LogP contribution in [0.3, 0.4) is 0 Å². The van der Waals surface area contributed by atoms with Gasteiger partial charge in [0.1, 0.15) is 5.69 Å². The van der Waals surface area contributed by atoms with Crippen molar-refractivity contribution in [3.63, 3.8) is 0 Å². The summed E-state index contributed by atoms with van der Waals surface area (Å²) >= 11 is 0. The van der Waals surface area contributed by atoms with Crippen LogP contribution < -0.4 is 5.32 Å². The molecule has 2 unspecified atom stereocenters. The van der Waals surface area contributed by atoms with Gasteiger partial charge in [-0.2, -0.15) is 26.3 Å². The predicted molar refractivity (Wildman–Crippen MR) is 96.6 cm³/mol. The molecule has 160 valence electrons. The van der Waals surface area contributed by atoms with Crippen molar-refractivity contribution in [2.24, 2.45) is 5.92 Å². The van der Waals surface area contributed by atoms with Crippen molar-refractivity contribution >= 4 is 10.9 Å². The minimum absolute atomic E-state index is 0.0821. The summed E-state index contributed by atoms with van der Waals surface area (Å²) in [5, 5.41) is 3.34. The molecule has 0 bridgehead atoms. The van der Waals surface area contributed by atoms with E-state index in [-0.39, 0.29) is 23.5 Å². The number of nitrogens with one attached hydrogen (secondary N) is 1. The van der Waals surface area contributed by atoms with E-state index in [4.69, 9.17) is 4.74 Å². The lowest BCUT2D eigenvalue weighted by Crippen LogP contribution is -2.31. The van der Waals surface area contributed by atoms with Crippen molar-refractivity contribution in [2.45, 2.75) is 37.5 Å². The number of fused-ring (bicyclic) bond motifs is 1. The molecule has 3 nitrogen and oxygen atoms in total. The number of aromatic nitrogens is 1. The molecule has 0 aliphatic carbocycles. The maximum absolute atomic E-state index is 13.4. The Morgan fingerprint density at radius 3 is 2.52 bits per heavy atom. The molecule has 29 heavy (non-hydrogen) atoms. The molecule has 1 aromatic heterocycles. The fraction of sp³-hybridized carbons (Fsp3) is 0.550. The highest BCUT2D eigenvalue weighted by Gasteiger charge is 2.38. The van der Waals surface area contributed by atoms with Crippen LogP contribution in [0.2, 0.25) is 0 Å². The largest absolute Gasteiger partial charge is 0.433 e. The average molecular weight is 420 g/mol. The van der Waals surface area contributed by atoms with Crippen LogP contribution in [0.25, 0.3) is 10.9 Å². The maximum atomic E-state index is 13.4. The van der Waals surface area contributed by atoms with Gasteiger partial charge in [0.05, 0.1) is 17.7 Å². The number of ether oxygens (including phenoxy) is 1. The van der Waals surface area contributed by atoms with Crippen LogP contribution in [-0.4, -0.2) is 31.8 Å². The Hall–Kier alpha value is -1.87. The summed E-state index contributed by atoms with van der Waals surface area (Å²) in [4.78, 5) is 3.36. The number of rotatable bonds is 5. The SMILES string of the molecule is COCC(CC1CCCNC1)c1cc(C(F)(F)F)nc2c(C(F)(F)F)cccc12. The first kappa shape index (κ1) is 21.8. The zero-order chi connectivity index (χ0) is 21.2. The molecule has 1 saturated heterocycles. The zero-order valence-corrected chi connectivity index (χ0v) is 15.8. The predicted octanol–water partition coefficient (Wildman–Crippen LogP) is 5.39. The molecule has 1 N–H and O–H groups in total. The molecule has 1 aromatic carbocycles. The van der Waals surface area contributed by atoms with E-state index in [0.717, 1.165) is 38.1 Å². The van der Waals surface area contributed by atoms with Gasteiger partial charge >= 0.3 is 12.4 Å². The van der Waals surface area contributed by atoms with Crippen LogP contribution in [0.4, 0.5) is 26.3 Å². The minimum atomic E-state index is -4.86. The first-order chi connectivity index (χ1) is 13.6. The normalized spacial score (nSPS) is 19.5. The molecule has 0 saturated carbocycles. The number of piperidine rings is 1. The fourth-order valence-electron chi connectivity index (χ4n) is 4.00. The topological polar surface area (TPSA) is 34.1 Å². The molecule has 3 rings (SSSR count). The number of para-hydroxylation sites is 1. The summed E-state index contributed by atoms with van der Waals surface area (Å²) in [6.45, 7) is 1.73. The summed E-state index contributed by atoms with van der Waals surface area (Å²) in [6, 6.07) is 4.24. The minimum Gasteiger partial charge on any atom is -0.384 e. The molecule has 0 radical (unpaired) electrons. The van der Waals surface area contributed by atoms with Gasteiger partial charge in [-0.15, -0.1) is 0 Å². The summed E-state index contributed by atoms with van der Waals surface area (Å²) < 4.78 is 85.9. The molecule has 2 aromatic rings. The lowest BCUT2D eigenvalue weighted by atomic mass is 9.84. The van der Waals surface area contributed by atoms with Gasteiger partial charge in [-0.3, -0.25) is 0 Å². The second kappa shape index (κ2) is 8.47. The Labute approximate surface area is 164 Å². The van der Waals surface area contributed by atoms with Gasteiger partial charge in [-0.1, -0.05) is 12.1 Å². The Balaban J connectivity index is 2.17. The first-order valence-corrected chi connectivity index (χ1v) is 9.39. The average Bonchev–Trinajstić information content (AvgIpc) is 2.65. The van der Waals surface area contributed by atoms with Crippen molar-refractivity contribution in [1.82, 2.24) is 10.3 Å². The highest BCUT2D eigenvalue weighted by Crippen LogP contribution is 2.40.